The third kappa shape index (κ3) is 31.4. The Balaban J connectivity index is 3.55. The number of hydrogen-bond donors (Lipinski definition) is 1. The molecule has 0 spiro atoms. The minimum atomic E-state index is -0.766. The summed E-state index contributed by atoms with van der Waals surface area (Å²) in [4.78, 5) is 24.1. The topological polar surface area (TPSA) is 72.8 Å². The summed E-state index contributed by atoms with van der Waals surface area (Å²) in [5.74, 6) is -0.595. The van der Waals surface area contributed by atoms with Crippen LogP contribution in [0.5, 0.6) is 0 Å². The molecule has 0 saturated heterocycles. The molecular formula is C36H68O5. The summed E-state index contributed by atoms with van der Waals surface area (Å²) in [7, 11) is 0. The van der Waals surface area contributed by atoms with Gasteiger partial charge in [0.25, 0.3) is 0 Å². The second-order valence-electron chi connectivity index (χ2n) is 12.0. The van der Waals surface area contributed by atoms with E-state index < -0.39 is 6.10 Å². The van der Waals surface area contributed by atoms with Gasteiger partial charge in [-0.25, -0.2) is 0 Å². The Morgan fingerprint density at radius 3 is 1.37 bits per heavy atom. The zero-order valence-corrected chi connectivity index (χ0v) is 27.3. The highest BCUT2D eigenvalue weighted by Gasteiger charge is 2.16. The SMILES string of the molecule is CCCCC/C=C\CCCCCCCC(=O)OC[C@H](CO)OC(=O)CCCCCCCCCCCCCCCCC. The van der Waals surface area contributed by atoms with E-state index in [-0.39, 0.29) is 25.2 Å². The first kappa shape index (κ1) is 39.6. The maximum absolute atomic E-state index is 12.1. The number of ether oxygens (including phenoxy) is 2. The number of esters is 2. The Bertz CT molecular complexity index is 589. The fourth-order valence-corrected chi connectivity index (χ4v) is 5.08. The van der Waals surface area contributed by atoms with Gasteiger partial charge in [-0.3, -0.25) is 9.59 Å². The van der Waals surface area contributed by atoms with Gasteiger partial charge >= 0.3 is 11.9 Å². The third-order valence-electron chi connectivity index (χ3n) is 7.81. The van der Waals surface area contributed by atoms with E-state index in [0.29, 0.717) is 12.8 Å². The molecule has 0 aliphatic rings. The molecule has 0 aromatic carbocycles. The zero-order chi connectivity index (χ0) is 30.1. The van der Waals surface area contributed by atoms with E-state index in [1.165, 1.54) is 116 Å². The number of carbonyl (C=O) groups excluding carboxylic acids is 2. The van der Waals surface area contributed by atoms with E-state index >= 15 is 0 Å². The Hall–Kier alpha value is -1.36. The van der Waals surface area contributed by atoms with Crippen molar-refractivity contribution in [3.05, 3.63) is 12.2 Å². The maximum Gasteiger partial charge on any atom is 0.306 e. The molecular weight excluding hydrogens is 512 g/mol. The van der Waals surface area contributed by atoms with Crippen LogP contribution in [-0.2, 0) is 19.1 Å². The second-order valence-corrected chi connectivity index (χ2v) is 12.0. The molecule has 0 aliphatic heterocycles. The first-order chi connectivity index (χ1) is 20.1. The number of rotatable bonds is 32. The monoisotopic (exact) mass is 581 g/mol. The van der Waals surface area contributed by atoms with Crippen molar-refractivity contribution in [1.29, 1.82) is 0 Å². The van der Waals surface area contributed by atoms with E-state index in [4.69, 9.17) is 9.47 Å². The minimum absolute atomic E-state index is 0.0650. The molecule has 1 atom stereocenters. The number of unbranched alkanes of at least 4 members (excludes halogenated alkanes) is 22. The normalized spacial score (nSPS) is 12.2. The van der Waals surface area contributed by atoms with Crippen molar-refractivity contribution in [2.45, 2.75) is 193 Å². The number of allylic oxidation sites excluding steroid dienone is 2. The molecule has 0 bridgehead atoms. The van der Waals surface area contributed by atoms with Crippen molar-refractivity contribution < 1.29 is 24.2 Å². The fraction of sp³-hybridized carbons (Fsp3) is 0.889. The third-order valence-corrected chi connectivity index (χ3v) is 7.81. The summed E-state index contributed by atoms with van der Waals surface area (Å²) in [6.07, 6.45) is 35.5. The molecule has 0 saturated carbocycles. The highest BCUT2D eigenvalue weighted by atomic mass is 16.6. The Morgan fingerprint density at radius 1 is 0.537 bits per heavy atom. The Morgan fingerprint density at radius 2 is 0.902 bits per heavy atom. The quantitative estimate of drug-likeness (QED) is 0.0487. The molecule has 0 radical (unpaired) electrons. The van der Waals surface area contributed by atoms with Gasteiger partial charge in [-0.15, -0.1) is 0 Å². The molecule has 0 aliphatic carbocycles. The van der Waals surface area contributed by atoms with E-state index in [1.54, 1.807) is 0 Å². The van der Waals surface area contributed by atoms with Crippen LogP contribution in [0.15, 0.2) is 12.2 Å². The molecule has 0 heterocycles. The summed E-state index contributed by atoms with van der Waals surface area (Å²) in [6.45, 7) is 4.11. The van der Waals surface area contributed by atoms with E-state index in [9.17, 15) is 14.7 Å². The summed E-state index contributed by atoms with van der Waals surface area (Å²) in [5, 5.41) is 9.51. The van der Waals surface area contributed by atoms with Gasteiger partial charge in [-0.1, -0.05) is 148 Å². The number of carbonyl (C=O) groups is 2. The van der Waals surface area contributed by atoms with E-state index in [1.807, 2.05) is 0 Å². The largest absolute Gasteiger partial charge is 0.462 e. The molecule has 5 nitrogen and oxygen atoms in total. The van der Waals surface area contributed by atoms with Crippen LogP contribution in [0.25, 0.3) is 0 Å². The van der Waals surface area contributed by atoms with Crippen LogP contribution in [0.4, 0.5) is 0 Å². The van der Waals surface area contributed by atoms with Crippen LogP contribution in [0.3, 0.4) is 0 Å². The molecule has 0 aromatic heterocycles. The highest BCUT2D eigenvalue weighted by molar-refractivity contribution is 5.70. The van der Waals surface area contributed by atoms with Crippen LogP contribution < -0.4 is 0 Å². The number of aliphatic hydroxyl groups excluding tert-OH is 1. The molecule has 41 heavy (non-hydrogen) atoms. The van der Waals surface area contributed by atoms with Gasteiger partial charge in [0.1, 0.15) is 6.61 Å². The molecule has 1 N–H and O–H groups in total. The standard InChI is InChI=1S/C36H68O5/c1-3-5-7-9-11-13-15-17-18-19-21-23-25-27-29-31-36(39)41-34(32-37)33-40-35(38)30-28-26-24-22-20-16-14-12-10-8-6-4-2/h12,14,34,37H,3-11,13,15-33H2,1-2H3/b14-12-/t34-/m0/s1. The molecule has 0 aromatic rings. The first-order valence-electron chi connectivity index (χ1n) is 17.7. The Kier molecular flexibility index (Phi) is 32.0. The minimum Gasteiger partial charge on any atom is -0.462 e. The predicted molar refractivity (Wildman–Crippen MR) is 173 cm³/mol. The van der Waals surface area contributed by atoms with Crippen molar-refractivity contribution in [1.82, 2.24) is 0 Å². The van der Waals surface area contributed by atoms with Crippen molar-refractivity contribution >= 4 is 11.9 Å². The average molecular weight is 581 g/mol. The molecule has 0 fully saturated rings. The van der Waals surface area contributed by atoms with E-state index in [0.717, 1.165) is 44.9 Å². The summed E-state index contributed by atoms with van der Waals surface area (Å²) in [5.41, 5.74) is 0. The smallest absolute Gasteiger partial charge is 0.306 e. The van der Waals surface area contributed by atoms with Gasteiger partial charge in [-0.05, 0) is 38.5 Å². The van der Waals surface area contributed by atoms with Gasteiger partial charge in [-0.2, -0.15) is 0 Å². The number of aliphatic hydroxyl groups is 1. The summed E-state index contributed by atoms with van der Waals surface area (Å²) < 4.78 is 10.6. The molecule has 0 unspecified atom stereocenters. The van der Waals surface area contributed by atoms with Crippen molar-refractivity contribution in [2.75, 3.05) is 13.2 Å². The Labute approximate surface area is 254 Å². The molecule has 0 rings (SSSR count). The van der Waals surface area contributed by atoms with Crippen molar-refractivity contribution in [3.63, 3.8) is 0 Å². The van der Waals surface area contributed by atoms with Crippen molar-refractivity contribution in [3.8, 4) is 0 Å². The lowest BCUT2D eigenvalue weighted by Crippen LogP contribution is -2.28. The molecule has 0 amide bonds. The summed E-state index contributed by atoms with van der Waals surface area (Å²) in [6, 6.07) is 0. The second kappa shape index (κ2) is 33.1. The fourth-order valence-electron chi connectivity index (χ4n) is 5.08. The van der Waals surface area contributed by atoms with Crippen LogP contribution in [0.2, 0.25) is 0 Å². The van der Waals surface area contributed by atoms with Crippen LogP contribution in [0.1, 0.15) is 187 Å². The van der Waals surface area contributed by atoms with Gasteiger partial charge in [0.15, 0.2) is 6.10 Å². The highest BCUT2D eigenvalue weighted by Crippen LogP contribution is 2.14. The van der Waals surface area contributed by atoms with Gasteiger partial charge in [0.2, 0.25) is 0 Å². The lowest BCUT2D eigenvalue weighted by Gasteiger charge is -2.15. The van der Waals surface area contributed by atoms with Gasteiger partial charge in [0, 0.05) is 12.8 Å². The lowest BCUT2D eigenvalue weighted by atomic mass is 10.0. The molecule has 242 valence electrons. The lowest BCUT2D eigenvalue weighted by molar-refractivity contribution is -0.161. The number of hydrogen-bond acceptors (Lipinski definition) is 5. The molecule has 5 heteroatoms. The predicted octanol–water partition coefficient (Wildman–Crippen LogP) is 10.6. The van der Waals surface area contributed by atoms with Crippen LogP contribution >= 0.6 is 0 Å². The van der Waals surface area contributed by atoms with E-state index in [2.05, 4.69) is 26.0 Å². The van der Waals surface area contributed by atoms with Gasteiger partial charge < -0.3 is 14.6 Å². The average Bonchev–Trinajstić information content (AvgIpc) is 2.97. The van der Waals surface area contributed by atoms with Crippen molar-refractivity contribution in [2.24, 2.45) is 0 Å². The van der Waals surface area contributed by atoms with Crippen LogP contribution in [-0.4, -0.2) is 36.4 Å². The van der Waals surface area contributed by atoms with Crippen LogP contribution in [0, 0.1) is 0 Å². The first-order valence-corrected chi connectivity index (χ1v) is 17.7. The van der Waals surface area contributed by atoms with Gasteiger partial charge in [0.05, 0.1) is 6.61 Å². The summed E-state index contributed by atoms with van der Waals surface area (Å²) >= 11 is 0. The maximum atomic E-state index is 12.1. The zero-order valence-electron chi connectivity index (χ0n) is 27.3.